The molecule has 1 N–H and O–H groups in total. The van der Waals surface area contributed by atoms with Crippen LogP contribution in [-0.4, -0.2) is 20.9 Å². The van der Waals surface area contributed by atoms with Gasteiger partial charge in [0.25, 0.3) is 10.0 Å². The van der Waals surface area contributed by atoms with E-state index in [0.29, 0.717) is 11.1 Å². The summed E-state index contributed by atoms with van der Waals surface area (Å²) < 4.78 is 42.5. The molecule has 0 fully saturated rings. The lowest BCUT2D eigenvalue weighted by Crippen LogP contribution is -2.38. The smallest absolute Gasteiger partial charge is 0.265 e. The largest absolute Gasteiger partial charge is 0.324 e. The molecule has 0 spiro atoms. The Morgan fingerprint density at radius 2 is 1.61 bits per heavy atom. The molecule has 1 amide bonds. The number of halogens is 1. The van der Waals surface area contributed by atoms with E-state index in [2.05, 4.69) is 5.32 Å². The van der Waals surface area contributed by atoms with E-state index in [1.807, 2.05) is 38.1 Å². The summed E-state index contributed by atoms with van der Waals surface area (Å²) in [5, 5.41) is 3.94. The number of benzene rings is 4. The highest BCUT2D eigenvalue weighted by Crippen LogP contribution is 2.32. The van der Waals surface area contributed by atoms with E-state index < -0.39 is 28.3 Å². The van der Waals surface area contributed by atoms with E-state index >= 15 is 0 Å². The fourth-order valence-corrected chi connectivity index (χ4v) is 5.44. The van der Waals surface area contributed by atoms with E-state index in [1.54, 1.807) is 42.5 Å². The van der Waals surface area contributed by atoms with Crippen LogP contribution in [0.15, 0.2) is 89.8 Å². The first-order valence-electron chi connectivity index (χ1n) is 10.4. The summed E-state index contributed by atoms with van der Waals surface area (Å²) in [5.41, 5.74) is 2.32. The lowest BCUT2D eigenvalue weighted by Gasteiger charge is -2.27. The molecule has 0 heterocycles. The standard InChI is InChI=1S/C26H23FN2O3S/c1-18-8-5-14-24(19(18)2)29(17-26(30)28-22-12-7-11-21(27)16-22)33(31,32)25-15-6-10-20-9-3-4-13-23(20)25/h3-16H,17H2,1-2H3,(H,28,30). The Kier molecular flexibility index (Phi) is 6.16. The Labute approximate surface area is 192 Å². The topological polar surface area (TPSA) is 66.5 Å². The maximum Gasteiger partial charge on any atom is 0.265 e. The van der Waals surface area contributed by atoms with Gasteiger partial charge in [-0.1, -0.05) is 54.6 Å². The van der Waals surface area contributed by atoms with Crippen LogP contribution < -0.4 is 9.62 Å². The van der Waals surface area contributed by atoms with E-state index in [4.69, 9.17) is 0 Å². The number of amides is 1. The maximum atomic E-state index is 13.9. The summed E-state index contributed by atoms with van der Waals surface area (Å²) in [6, 6.07) is 23.1. The van der Waals surface area contributed by atoms with Gasteiger partial charge in [0.2, 0.25) is 5.91 Å². The molecule has 4 aromatic carbocycles. The molecule has 0 atom stereocenters. The van der Waals surface area contributed by atoms with Gasteiger partial charge in [-0.3, -0.25) is 9.10 Å². The van der Waals surface area contributed by atoms with Gasteiger partial charge in [-0.15, -0.1) is 0 Å². The van der Waals surface area contributed by atoms with Crippen molar-refractivity contribution in [2.45, 2.75) is 18.7 Å². The SMILES string of the molecule is Cc1cccc(N(CC(=O)Nc2cccc(F)c2)S(=O)(=O)c2cccc3ccccc23)c1C. The van der Waals surface area contributed by atoms with E-state index in [-0.39, 0.29) is 10.6 Å². The highest BCUT2D eigenvalue weighted by Gasteiger charge is 2.30. The minimum absolute atomic E-state index is 0.111. The van der Waals surface area contributed by atoms with Crippen LogP contribution in [0, 0.1) is 19.7 Å². The quantitative estimate of drug-likeness (QED) is 0.416. The molecule has 0 aromatic heterocycles. The number of hydrogen-bond donors (Lipinski definition) is 1. The lowest BCUT2D eigenvalue weighted by atomic mass is 10.1. The number of rotatable bonds is 6. The van der Waals surface area contributed by atoms with E-state index in [0.717, 1.165) is 20.8 Å². The molecule has 33 heavy (non-hydrogen) atoms. The van der Waals surface area contributed by atoms with Crippen LogP contribution in [0.5, 0.6) is 0 Å². The zero-order chi connectivity index (χ0) is 23.6. The Morgan fingerprint density at radius 3 is 2.39 bits per heavy atom. The fourth-order valence-electron chi connectivity index (χ4n) is 3.74. The zero-order valence-corrected chi connectivity index (χ0v) is 19.1. The highest BCUT2D eigenvalue weighted by atomic mass is 32.2. The summed E-state index contributed by atoms with van der Waals surface area (Å²) >= 11 is 0. The summed E-state index contributed by atoms with van der Waals surface area (Å²) in [6.07, 6.45) is 0. The molecular formula is C26H23FN2O3S. The monoisotopic (exact) mass is 462 g/mol. The zero-order valence-electron chi connectivity index (χ0n) is 18.2. The third kappa shape index (κ3) is 4.59. The van der Waals surface area contributed by atoms with Crippen LogP contribution in [0.1, 0.15) is 11.1 Å². The summed E-state index contributed by atoms with van der Waals surface area (Å²) in [7, 11) is -4.12. The number of aryl methyl sites for hydroxylation is 1. The Hall–Kier alpha value is -3.71. The van der Waals surface area contributed by atoms with Crippen LogP contribution in [0.3, 0.4) is 0 Å². The molecule has 0 aliphatic rings. The summed E-state index contributed by atoms with van der Waals surface area (Å²) in [5.74, 6) is -1.08. The van der Waals surface area contributed by atoms with Crippen LogP contribution >= 0.6 is 0 Å². The number of carbonyl (C=O) groups excluding carboxylic acids is 1. The van der Waals surface area contributed by atoms with Crippen molar-refractivity contribution in [1.82, 2.24) is 0 Å². The second-order valence-electron chi connectivity index (χ2n) is 7.77. The van der Waals surface area contributed by atoms with Crippen molar-refractivity contribution in [3.05, 3.63) is 102 Å². The van der Waals surface area contributed by atoms with Crippen LogP contribution in [0.25, 0.3) is 10.8 Å². The average Bonchev–Trinajstić information content (AvgIpc) is 2.79. The van der Waals surface area contributed by atoms with Crippen molar-refractivity contribution in [2.24, 2.45) is 0 Å². The van der Waals surface area contributed by atoms with Gasteiger partial charge < -0.3 is 5.32 Å². The van der Waals surface area contributed by atoms with Gasteiger partial charge in [-0.05, 0) is 60.7 Å². The minimum atomic E-state index is -4.12. The van der Waals surface area contributed by atoms with Crippen molar-refractivity contribution < 1.29 is 17.6 Å². The molecule has 4 rings (SSSR count). The molecule has 0 aliphatic heterocycles. The first-order valence-corrected chi connectivity index (χ1v) is 11.8. The van der Waals surface area contributed by atoms with Gasteiger partial charge in [0, 0.05) is 11.1 Å². The van der Waals surface area contributed by atoms with Crippen molar-refractivity contribution >= 4 is 38.1 Å². The molecule has 0 radical (unpaired) electrons. The second kappa shape index (κ2) is 9.03. The first kappa shape index (κ1) is 22.5. The van der Waals surface area contributed by atoms with Crippen molar-refractivity contribution in [1.29, 1.82) is 0 Å². The maximum absolute atomic E-state index is 13.9. The van der Waals surface area contributed by atoms with Gasteiger partial charge >= 0.3 is 0 Å². The van der Waals surface area contributed by atoms with Crippen molar-refractivity contribution in [2.75, 3.05) is 16.2 Å². The van der Waals surface area contributed by atoms with Crippen LogP contribution in [-0.2, 0) is 14.8 Å². The highest BCUT2D eigenvalue weighted by molar-refractivity contribution is 7.93. The second-order valence-corrected chi connectivity index (χ2v) is 9.60. The number of fused-ring (bicyclic) bond motifs is 1. The van der Waals surface area contributed by atoms with Gasteiger partial charge in [0.15, 0.2) is 0 Å². The summed E-state index contributed by atoms with van der Waals surface area (Å²) in [6.45, 7) is 3.24. The molecule has 7 heteroatoms. The molecule has 0 aliphatic carbocycles. The van der Waals surface area contributed by atoms with Gasteiger partial charge in [-0.2, -0.15) is 0 Å². The molecule has 0 bridgehead atoms. The predicted octanol–water partition coefficient (Wildman–Crippen LogP) is 5.43. The van der Waals surface area contributed by atoms with E-state index in [1.165, 1.54) is 18.2 Å². The molecule has 168 valence electrons. The third-order valence-corrected chi connectivity index (χ3v) is 7.38. The van der Waals surface area contributed by atoms with Crippen LogP contribution in [0.4, 0.5) is 15.8 Å². The molecular weight excluding hydrogens is 439 g/mol. The fraction of sp³-hybridized carbons (Fsp3) is 0.115. The van der Waals surface area contributed by atoms with Crippen molar-refractivity contribution in [3.63, 3.8) is 0 Å². The number of nitrogens with one attached hydrogen (secondary N) is 1. The normalized spacial score (nSPS) is 11.4. The molecule has 0 unspecified atom stereocenters. The van der Waals surface area contributed by atoms with Gasteiger partial charge in [0.1, 0.15) is 12.4 Å². The van der Waals surface area contributed by atoms with Crippen LogP contribution in [0.2, 0.25) is 0 Å². The first-order chi connectivity index (χ1) is 15.8. The molecule has 0 saturated carbocycles. The lowest BCUT2D eigenvalue weighted by molar-refractivity contribution is -0.114. The predicted molar refractivity (Wildman–Crippen MR) is 129 cm³/mol. The molecule has 4 aromatic rings. The minimum Gasteiger partial charge on any atom is -0.324 e. The Balaban J connectivity index is 1.80. The number of anilines is 2. The molecule has 0 saturated heterocycles. The number of nitrogens with zero attached hydrogens (tertiary/aromatic N) is 1. The number of hydrogen-bond acceptors (Lipinski definition) is 3. The number of sulfonamides is 1. The summed E-state index contributed by atoms with van der Waals surface area (Å²) in [4.78, 5) is 13.0. The van der Waals surface area contributed by atoms with Crippen molar-refractivity contribution in [3.8, 4) is 0 Å². The third-order valence-electron chi connectivity index (χ3n) is 5.56. The van der Waals surface area contributed by atoms with E-state index in [9.17, 15) is 17.6 Å². The Bertz CT molecular complexity index is 1450. The Morgan fingerprint density at radius 1 is 0.909 bits per heavy atom. The molecule has 5 nitrogen and oxygen atoms in total. The average molecular weight is 463 g/mol. The number of carbonyl (C=O) groups is 1. The van der Waals surface area contributed by atoms with Gasteiger partial charge in [0.05, 0.1) is 10.6 Å². The van der Waals surface area contributed by atoms with Gasteiger partial charge in [-0.25, -0.2) is 12.8 Å².